The van der Waals surface area contributed by atoms with Crippen LogP contribution >= 0.6 is 0 Å². The Balaban J connectivity index is 1.65. The Kier molecular flexibility index (Phi) is 5.24. The first-order chi connectivity index (χ1) is 12.0. The lowest BCUT2D eigenvalue weighted by Gasteiger charge is -2.34. The van der Waals surface area contributed by atoms with Crippen LogP contribution in [0.5, 0.6) is 0 Å². The van der Waals surface area contributed by atoms with Crippen molar-refractivity contribution in [3.8, 4) is 0 Å². The zero-order valence-electron chi connectivity index (χ0n) is 15.2. The number of nitrogens with zero attached hydrogens (tertiary/aromatic N) is 3. The summed E-state index contributed by atoms with van der Waals surface area (Å²) in [4.78, 5) is 19.2. The predicted octanol–water partition coefficient (Wildman–Crippen LogP) is 2.76. The number of hydrogen-bond donors (Lipinski definition) is 1. The standard InChI is InChI=1S/C20H26N4O/c1-22(2)19-6-4-5-16(15-19)20(25)21-17-7-9-18(10-8-17)24-13-11-23(3)12-14-24/h4-10,15H,11-14H2,1-3H3,(H,21,25). The molecule has 3 rings (SSSR count). The second-order valence-corrected chi connectivity index (χ2v) is 6.74. The Morgan fingerprint density at radius 3 is 2.32 bits per heavy atom. The number of benzene rings is 2. The van der Waals surface area contributed by atoms with E-state index in [-0.39, 0.29) is 5.91 Å². The van der Waals surface area contributed by atoms with Crippen LogP contribution < -0.4 is 15.1 Å². The van der Waals surface area contributed by atoms with Gasteiger partial charge in [0.15, 0.2) is 0 Å². The van der Waals surface area contributed by atoms with Gasteiger partial charge in [-0.05, 0) is 49.5 Å². The largest absolute Gasteiger partial charge is 0.378 e. The molecule has 0 aromatic heterocycles. The average Bonchev–Trinajstić information content (AvgIpc) is 2.63. The highest BCUT2D eigenvalue weighted by molar-refractivity contribution is 6.04. The van der Waals surface area contributed by atoms with E-state index in [4.69, 9.17) is 0 Å². The Bertz CT molecular complexity index is 719. The third kappa shape index (κ3) is 4.31. The first kappa shape index (κ1) is 17.3. The zero-order valence-corrected chi connectivity index (χ0v) is 15.2. The minimum absolute atomic E-state index is 0.0870. The minimum Gasteiger partial charge on any atom is -0.378 e. The van der Waals surface area contributed by atoms with Crippen LogP contribution in [0, 0.1) is 0 Å². The van der Waals surface area contributed by atoms with Gasteiger partial charge in [-0.3, -0.25) is 4.79 Å². The van der Waals surface area contributed by atoms with Crippen molar-refractivity contribution < 1.29 is 4.79 Å². The van der Waals surface area contributed by atoms with Crippen molar-refractivity contribution in [1.29, 1.82) is 0 Å². The van der Waals surface area contributed by atoms with E-state index in [0.717, 1.165) is 37.6 Å². The molecule has 0 radical (unpaired) electrons. The number of rotatable bonds is 4. The molecule has 0 aliphatic carbocycles. The van der Waals surface area contributed by atoms with Gasteiger partial charge in [0.1, 0.15) is 0 Å². The normalized spacial score (nSPS) is 15.1. The summed E-state index contributed by atoms with van der Waals surface area (Å²) in [5.74, 6) is -0.0870. The van der Waals surface area contributed by atoms with Crippen molar-refractivity contribution >= 4 is 23.0 Å². The third-order valence-electron chi connectivity index (χ3n) is 4.62. The van der Waals surface area contributed by atoms with Crippen molar-refractivity contribution in [2.45, 2.75) is 0 Å². The van der Waals surface area contributed by atoms with Gasteiger partial charge in [0.05, 0.1) is 0 Å². The van der Waals surface area contributed by atoms with Crippen LogP contribution in [-0.4, -0.2) is 58.1 Å². The summed E-state index contributed by atoms with van der Waals surface area (Å²) in [7, 11) is 6.09. The number of amides is 1. The molecule has 1 saturated heterocycles. The lowest BCUT2D eigenvalue weighted by Crippen LogP contribution is -2.44. The Morgan fingerprint density at radius 1 is 1.00 bits per heavy atom. The first-order valence-electron chi connectivity index (χ1n) is 8.65. The Labute approximate surface area is 149 Å². The number of likely N-dealkylation sites (N-methyl/N-ethyl adjacent to an activating group) is 1. The van der Waals surface area contributed by atoms with E-state index in [0.29, 0.717) is 5.56 Å². The molecule has 25 heavy (non-hydrogen) atoms. The highest BCUT2D eigenvalue weighted by atomic mass is 16.1. The van der Waals surface area contributed by atoms with E-state index >= 15 is 0 Å². The van der Waals surface area contributed by atoms with Gasteiger partial charge in [-0.2, -0.15) is 0 Å². The molecule has 0 unspecified atom stereocenters. The van der Waals surface area contributed by atoms with Crippen molar-refractivity contribution in [1.82, 2.24) is 4.90 Å². The quantitative estimate of drug-likeness (QED) is 0.930. The van der Waals surface area contributed by atoms with Crippen LogP contribution in [0.1, 0.15) is 10.4 Å². The van der Waals surface area contributed by atoms with Gasteiger partial charge in [0.2, 0.25) is 0 Å². The molecule has 1 amide bonds. The summed E-state index contributed by atoms with van der Waals surface area (Å²) in [6, 6.07) is 15.7. The fraction of sp³-hybridized carbons (Fsp3) is 0.350. The predicted molar refractivity (Wildman–Crippen MR) is 105 cm³/mol. The lowest BCUT2D eigenvalue weighted by atomic mass is 10.1. The molecule has 5 nitrogen and oxygen atoms in total. The third-order valence-corrected chi connectivity index (χ3v) is 4.62. The zero-order chi connectivity index (χ0) is 17.8. The second kappa shape index (κ2) is 7.57. The van der Waals surface area contributed by atoms with Crippen LogP contribution in [0.15, 0.2) is 48.5 Å². The second-order valence-electron chi connectivity index (χ2n) is 6.74. The summed E-state index contributed by atoms with van der Waals surface area (Å²) < 4.78 is 0. The minimum atomic E-state index is -0.0870. The summed E-state index contributed by atoms with van der Waals surface area (Å²) >= 11 is 0. The van der Waals surface area contributed by atoms with Crippen molar-refractivity contribution in [3.05, 3.63) is 54.1 Å². The molecule has 0 bridgehead atoms. The van der Waals surface area contributed by atoms with E-state index < -0.39 is 0 Å². The molecule has 1 N–H and O–H groups in total. The number of nitrogens with one attached hydrogen (secondary N) is 1. The molecular weight excluding hydrogens is 312 g/mol. The van der Waals surface area contributed by atoms with E-state index in [1.165, 1.54) is 5.69 Å². The molecule has 0 saturated carbocycles. The number of piperazine rings is 1. The van der Waals surface area contributed by atoms with Crippen LogP contribution in [0.2, 0.25) is 0 Å². The smallest absolute Gasteiger partial charge is 0.255 e. The lowest BCUT2D eigenvalue weighted by molar-refractivity contribution is 0.102. The highest BCUT2D eigenvalue weighted by Gasteiger charge is 2.14. The van der Waals surface area contributed by atoms with Gasteiger partial charge in [-0.15, -0.1) is 0 Å². The average molecular weight is 338 g/mol. The Morgan fingerprint density at radius 2 is 1.68 bits per heavy atom. The molecule has 2 aromatic rings. The topological polar surface area (TPSA) is 38.8 Å². The molecule has 1 aliphatic heterocycles. The summed E-state index contributed by atoms with van der Waals surface area (Å²) in [5, 5.41) is 2.98. The summed E-state index contributed by atoms with van der Waals surface area (Å²) in [6.07, 6.45) is 0. The Hall–Kier alpha value is -2.53. The monoisotopic (exact) mass is 338 g/mol. The molecule has 1 heterocycles. The molecular formula is C20H26N4O. The number of hydrogen-bond acceptors (Lipinski definition) is 4. The first-order valence-corrected chi connectivity index (χ1v) is 8.65. The van der Waals surface area contributed by atoms with E-state index in [9.17, 15) is 4.79 Å². The number of carbonyl (C=O) groups excluding carboxylic acids is 1. The van der Waals surface area contributed by atoms with Gasteiger partial charge in [-0.1, -0.05) is 6.07 Å². The number of anilines is 3. The molecule has 0 spiro atoms. The summed E-state index contributed by atoms with van der Waals surface area (Å²) in [5.41, 5.74) is 3.70. The van der Waals surface area contributed by atoms with E-state index in [1.54, 1.807) is 0 Å². The molecule has 0 atom stereocenters. The fourth-order valence-corrected chi connectivity index (χ4v) is 2.95. The number of carbonyl (C=O) groups is 1. The van der Waals surface area contributed by atoms with Crippen LogP contribution in [0.3, 0.4) is 0 Å². The van der Waals surface area contributed by atoms with Gasteiger partial charge < -0.3 is 20.0 Å². The van der Waals surface area contributed by atoms with E-state index in [1.807, 2.05) is 55.4 Å². The van der Waals surface area contributed by atoms with Gasteiger partial charge in [-0.25, -0.2) is 0 Å². The maximum Gasteiger partial charge on any atom is 0.255 e. The van der Waals surface area contributed by atoms with Crippen molar-refractivity contribution in [3.63, 3.8) is 0 Å². The van der Waals surface area contributed by atoms with Crippen molar-refractivity contribution in [2.75, 3.05) is 62.4 Å². The van der Waals surface area contributed by atoms with Gasteiger partial charge in [0, 0.05) is 62.9 Å². The van der Waals surface area contributed by atoms with Crippen molar-refractivity contribution in [2.24, 2.45) is 0 Å². The van der Waals surface area contributed by atoms with Crippen LogP contribution in [-0.2, 0) is 0 Å². The summed E-state index contributed by atoms with van der Waals surface area (Å²) in [6.45, 7) is 4.25. The van der Waals surface area contributed by atoms with Gasteiger partial charge >= 0.3 is 0 Å². The maximum absolute atomic E-state index is 12.5. The van der Waals surface area contributed by atoms with Crippen LogP contribution in [0.25, 0.3) is 0 Å². The highest BCUT2D eigenvalue weighted by Crippen LogP contribution is 2.20. The molecule has 1 aliphatic rings. The maximum atomic E-state index is 12.5. The fourth-order valence-electron chi connectivity index (χ4n) is 2.95. The molecule has 5 heteroatoms. The van der Waals surface area contributed by atoms with Gasteiger partial charge in [0.25, 0.3) is 5.91 Å². The molecule has 132 valence electrons. The molecule has 1 fully saturated rings. The van der Waals surface area contributed by atoms with Crippen LogP contribution in [0.4, 0.5) is 17.1 Å². The SMILES string of the molecule is CN1CCN(c2ccc(NC(=O)c3cccc(N(C)C)c3)cc2)CC1. The molecule has 2 aromatic carbocycles. The van der Waals surface area contributed by atoms with E-state index in [2.05, 4.69) is 34.3 Å².